The van der Waals surface area contributed by atoms with Crippen molar-refractivity contribution < 1.29 is 19.3 Å². The first kappa shape index (κ1) is 21.5. The van der Waals surface area contributed by atoms with Gasteiger partial charge in [0.05, 0.1) is 7.05 Å². The third-order valence-electron chi connectivity index (χ3n) is 5.47. The van der Waals surface area contributed by atoms with Crippen LogP contribution in [-0.4, -0.2) is 42.0 Å². The summed E-state index contributed by atoms with van der Waals surface area (Å²) in [4.78, 5) is 38.6. The number of quaternary nitrogens is 1. The number of aryl methyl sites for hydroxylation is 2. The maximum absolute atomic E-state index is 12.8. The molecule has 1 aliphatic heterocycles. The number of carbonyl (C=O) groups excluding carboxylic acids is 3. The van der Waals surface area contributed by atoms with Gasteiger partial charge in [-0.15, -0.1) is 0 Å². The highest BCUT2D eigenvalue weighted by atomic mass is 16.2. The topological polar surface area (TPSA) is 82.9 Å². The first-order valence-electron chi connectivity index (χ1n) is 10.1. The van der Waals surface area contributed by atoms with Crippen LogP contribution >= 0.6 is 0 Å². The molecule has 7 nitrogen and oxygen atoms in total. The van der Waals surface area contributed by atoms with Gasteiger partial charge in [-0.1, -0.05) is 54.6 Å². The Hall–Kier alpha value is -3.19. The molecule has 0 radical (unpaired) electrons. The number of hydrazine groups is 1. The molecule has 1 saturated heterocycles. The Kier molecular flexibility index (Phi) is 6.52. The van der Waals surface area contributed by atoms with Gasteiger partial charge in [0.25, 0.3) is 11.8 Å². The van der Waals surface area contributed by atoms with Crippen molar-refractivity contribution in [3.05, 3.63) is 71.3 Å². The normalized spacial score (nSPS) is 19.5. The van der Waals surface area contributed by atoms with Gasteiger partial charge >= 0.3 is 6.03 Å². The maximum Gasteiger partial charge on any atom is 0.344 e. The molecule has 4 amide bonds. The van der Waals surface area contributed by atoms with E-state index in [4.69, 9.17) is 0 Å². The minimum absolute atomic E-state index is 0.145. The molecule has 158 valence electrons. The molecular weight excluding hydrogens is 380 g/mol. The molecule has 1 aliphatic rings. The van der Waals surface area contributed by atoms with Crippen LogP contribution in [0.1, 0.15) is 30.0 Å². The number of rotatable bonds is 8. The van der Waals surface area contributed by atoms with Gasteiger partial charge in [0, 0.05) is 5.56 Å². The van der Waals surface area contributed by atoms with Gasteiger partial charge in [0.1, 0.15) is 12.1 Å². The van der Waals surface area contributed by atoms with E-state index in [0.717, 1.165) is 21.0 Å². The lowest BCUT2D eigenvalue weighted by Crippen LogP contribution is -3.09. The summed E-state index contributed by atoms with van der Waals surface area (Å²) < 4.78 is 0. The summed E-state index contributed by atoms with van der Waals surface area (Å²) in [7, 11) is 1.90. The van der Waals surface area contributed by atoms with Crippen molar-refractivity contribution in [2.45, 2.75) is 38.8 Å². The van der Waals surface area contributed by atoms with Gasteiger partial charge < -0.3 is 10.2 Å². The van der Waals surface area contributed by atoms with Crippen molar-refractivity contribution in [3.8, 4) is 0 Å². The minimum Gasteiger partial charge on any atom is -0.326 e. The van der Waals surface area contributed by atoms with E-state index in [-0.39, 0.29) is 12.5 Å². The van der Waals surface area contributed by atoms with Crippen molar-refractivity contribution in [1.29, 1.82) is 0 Å². The molecule has 0 spiro atoms. The zero-order chi connectivity index (χ0) is 21.7. The van der Waals surface area contributed by atoms with Crippen LogP contribution in [0.2, 0.25) is 0 Å². The molecule has 3 N–H and O–H groups in total. The van der Waals surface area contributed by atoms with E-state index < -0.39 is 17.5 Å². The van der Waals surface area contributed by atoms with Crippen molar-refractivity contribution in [2.75, 3.05) is 13.6 Å². The van der Waals surface area contributed by atoms with Crippen LogP contribution in [0.25, 0.3) is 0 Å². The molecule has 2 aromatic rings. The second-order valence-electron chi connectivity index (χ2n) is 8.16. The third kappa shape index (κ3) is 5.04. The second-order valence-corrected chi connectivity index (χ2v) is 8.16. The molecule has 3 rings (SSSR count). The summed E-state index contributed by atoms with van der Waals surface area (Å²) in [5, 5.41) is 3.54. The lowest BCUT2D eigenvalue weighted by molar-refractivity contribution is -0.885. The monoisotopic (exact) mass is 409 g/mol. The van der Waals surface area contributed by atoms with Crippen LogP contribution in [0.3, 0.4) is 0 Å². The minimum atomic E-state index is -1.04. The molecule has 2 atom stereocenters. The predicted molar refractivity (Wildman–Crippen MR) is 113 cm³/mol. The molecule has 2 aromatic carbocycles. The van der Waals surface area contributed by atoms with E-state index in [9.17, 15) is 14.4 Å². The number of urea groups is 1. The molecule has 0 aliphatic carbocycles. The predicted octanol–water partition coefficient (Wildman–Crippen LogP) is 0.984. The number of amides is 4. The zero-order valence-corrected chi connectivity index (χ0v) is 17.7. The Morgan fingerprint density at radius 1 is 1.10 bits per heavy atom. The number of carbonyl (C=O) groups is 3. The molecule has 0 saturated carbocycles. The fraction of sp³-hybridized carbons (Fsp3) is 0.348. The first-order chi connectivity index (χ1) is 14.3. The van der Waals surface area contributed by atoms with Crippen LogP contribution in [0.15, 0.2) is 54.6 Å². The van der Waals surface area contributed by atoms with Gasteiger partial charge in [-0.05, 0) is 37.8 Å². The second kappa shape index (κ2) is 9.09. The summed E-state index contributed by atoms with van der Waals surface area (Å²) in [6.07, 6.45) is 1.10. The van der Waals surface area contributed by atoms with Gasteiger partial charge in [-0.3, -0.25) is 15.0 Å². The first-order valence-corrected chi connectivity index (χ1v) is 10.1. The number of benzene rings is 2. The lowest BCUT2D eigenvalue weighted by Gasteiger charge is -2.22. The lowest BCUT2D eigenvalue weighted by atomic mass is 9.93. The summed E-state index contributed by atoms with van der Waals surface area (Å²) in [5.74, 6) is -0.815. The van der Waals surface area contributed by atoms with Crippen molar-refractivity contribution in [3.63, 3.8) is 0 Å². The summed E-state index contributed by atoms with van der Waals surface area (Å²) in [6, 6.07) is 17.2. The summed E-state index contributed by atoms with van der Waals surface area (Å²) in [5.41, 5.74) is 4.85. The molecular formula is C23H29N4O3+. The molecule has 7 heteroatoms. The fourth-order valence-corrected chi connectivity index (χ4v) is 3.63. The van der Waals surface area contributed by atoms with Crippen molar-refractivity contribution in [2.24, 2.45) is 0 Å². The summed E-state index contributed by atoms with van der Waals surface area (Å²) >= 11 is 0. The highest BCUT2D eigenvalue weighted by molar-refractivity contribution is 6.07. The quantitative estimate of drug-likeness (QED) is 0.569. The average Bonchev–Trinajstić information content (AvgIpc) is 2.92. The van der Waals surface area contributed by atoms with E-state index >= 15 is 0 Å². The molecule has 0 aromatic heterocycles. The fourth-order valence-electron chi connectivity index (χ4n) is 3.63. The Labute approximate surface area is 177 Å². The summed E-state index contributed by atoms with van der Waals surface area (Å²) in [6.45, 7) is 4.55. The van der Waals surface area contributed by atoms with E-state index in [1.807, 2.05) is 68.6 Å². The molecule has 0 bridgehead atoms. The van der Waals surface area contributed by atoms with Gasteiger partial charge in [0.2, 0.25) is 0 Å². The largest absolute Gasteiger partial charge is 0.344 e. The average molecular weight is 410 g/mol. The SMILES string of the molecule is Cc1ccccc1C[NH+](C)CC(=O)NN1C(=O)N[C@](C)(CCc2ccccc2)C1=O. The van der Waals surface area contributed by atoms with Crippen LogP contribution in [0, 0.1) is 6.92 Å². The van der Waals surface area contributed by atoms with Crippen LogP contribution in [-0.2, 0) is 22.6 Å². The van der Waals surface area contributed by atoms with E-state index in [0.29, 0.717) is 19.4 Å². The van der Waals surface area contributed by atoms with E-state index in [2.05, 4.69) is 10.7 Å². The van der Waals surface area contributed by atoms with Gasteiger partial charge in [-0.2, -0.15) is 5.01 Å². The number of hydrogen-bond acceptors (Lipinski definition) is 3. The van der Waals surface area contributed by atoms with Crippen molar-refractivity contribution in [1.82, 2.24) is 15.8 Å². The molecule has 1 heterocycles. The highest BCUT2D eigenvalue weighted by Gasteiger charge is 2.48. The Morgan fingerprint density at radius 3 is 2.47 bits per heavy atom. The Balaban J connectivity index is 1.55. The number of hydrogen-bond donors (Lipinski definition) is 3. The van der Waals surface area contributed by atoms with Gasteiger partial charge in [-0.25, -0.2) is 4.79 Å². The van der Waals surface area contributed by atoms with E-state index in [1.54, 1.807) is 6.92 Å². The zero-order valence-electron chi connectivity index (χ0n) is 17.7. The van der Waals surface area contributed by atoms with Gasteiger partial charge in [0.15, 0.2) is 6.54 Å². The van der Waals surface area contributed by atoms with Crippen LogP contribution in [0.5, 0.6) is 0 Å². The number of likely N-dealkylation sites (N-methyl/N-ethyl adjacent to an activating group) is 1. The number of nitrogens with zero attached hydrogens (tertiary/aromatic N) is 1. The smallest absolute Gasteiger partial charge is 0.326 e. The molecule has 30 heavy (non-hydrogen) atoms. The number of imide groups is 1. The highest BCUT2D eigenvalue weighted by Crippen LogP contribution is 2.22. The standard InChI is InChI=1S/C23H28N4O3/c1-17-9-7-8-12-19(17)15-26(3)16-20(28)25-27-21(29)23(2,24-22(27)30)14-13-18-10-5-4-6-11-18/h4-12H,13-16H2,1-3H3,(H,24,30)(H,25,28)/p+1/t23-/m1/s1. The molecule has 1 unspecified atom stereocenters. The molecule has 1 fully saturated rings. The Morgan fingerprint density at radius 2 is 1.77 bits per heavy atom. The third-order valence-corrected chi connectivity index (χ3v) is 5.47. The van der Waals surface area contributed by atoms with Crippen LogP contribution < -0.4 is 15.6 Å². The van der Waals surface area contributed by atoms with E-state index in [1.165, 1.54) is 5.56 Å². The number of nitrogens with one attached hydrogen (secondary N) is 3. The van der Waals surface area contributed by atoms with Crippen molar-refractivity contribution >= 4 is 17.8 Å². The maximum atomic E-state index is 12.8. The van der Waals surface area contributed by atoms with Crippen LogP contribution in [0.4, 0.5) is 4.79 Å². The Bertz CT molecular complexity index is 931.